The molecular formula is C89H65Cl9F9N15O8S4. The van der Waals surface area contributed by atoms with E-state index in [-0.39, 0.29) is 83.0 Å². The zero-order chi connectivity index (χ0) is 98.4. The monoisotopic (exact) mass is 2090 g/mol. The lowest BCUT2D eigenvalue weighted by atomic mass is 9.87. The number of hydrogen-bond acceptors (Lipinski definition) is 21. The van der Waals surface area contributed by atoms with Crippen molar-refractivity contribution in [1.29, 1.82) is 10.5 Å². The lowest BCUT2D eigenvalue weighted by Crippen LogP contribution is -2.28. The SMILES string of the molecule is CCCCSC(=Nc1cccnc1)SCc1ccc(C(C)(C)C)cc1.N#Cc1c(Cl)nc(Cl)c(C#N)c1-c1ccccc1.O=C(NCc1ncc(C(F)(F)F)cc1Cl)c1c(Cl)cccc1Cl.O=C(Nc1ccccc1-c1ccc(Cl)cc1)c1cccnc1Cl.O=[N+]([O-])c1cc(C(F)(F)F)c(Cl)c([N+](=O)[O-])c1Nc1ncc(C(F)(F)F)cc1Cl.[O-][n+]1ccccc1SSc1cccc[n+]1[O-]. The summed E-state index contributed by atoms with van der Waals surface area (Å²) in [5, 5.41) is 70.4. The van der Waals surface area contributed by atoms with Crippen LogP contribution in [0.5, 0.6) is 0 Å². The Balaban J connectivity index is 0.000000200. The molecule has 0 aliphatic carbocycles. The number of aromatic nitrogens is 7. The van der Waals surface area contributed by atoms with Crippen LogP contribution < -0.4 is 25.4 Å². The summed E-state index contributed by atoms with van der Waals surface area (Å²) < 4.78 is 117. The van der Waals surface area contributed by atoms with Gasteiger partial charge in [0.05, 0.1) is 93.0 Å². The topological polar surface area (TPSA) is 335 Å². The number of anilines is 3. The van der Waals surface area contributed by atoms with Crippen LogP contribution in [0.3, 0.4) is 0 Å². The molecule has 134 heavy (non-hydrogen) atoms. The molecule has 13 aromatic rings. The first-order valence-corrected chi connectivity index (χ1v) is 45.7. The quantitative estimate of drug-likeness (QED) is 0.00609. The van der Waals surface area contributed by atoms with Crippen LogP contribution in [0.25, 0.3) is 22.3 Å². The highest BCUT2D eigenvalue weighted by Gasteiger charge is 2.43. The Labute approximate surface area is 820 Å². The van der Waals surface area contributed by atoms with E-state index < -0.39 is 83.9 Å². The molecule has 0 saturated heterocycles. The van der Waals surface area contributed by atoms with Crippen molar-refractivity contribution >= 4 is 200 Å². The van der Waals surface area contributed by atoms with Crippen LogP contribution in [0, 0.1) is 53.3 Å². The van der Waals surface area contributed by atoms with Crippen molar-refractivity contribution in [2.75, 3.05) is 16.4 Å². The molecule has 0 atom stereocenters. The molecule has 3 N–H and O–H groups in total. The minimum atomic E-state index is -5.27. The number of pyridine rings is 7. The number of nitro benzene ring substituents is 2. The lowest BCUT2D eigenvalue weighted by molar-refractivity contribution is -0.646. The van der Waals surface area contributed by atoms with E-state index in [1.807, 2.05) is 114 Å². The van der Waals surface area contributed by atoms with E-state index in [9.17, 15) is 79.7 Å². The summed E-state index contributed by atoms with van der Waals surface area (Å²) in [7, 11) is 2.52. The highest BCUT2D eigenvalue weighted by molar-refractivity contribution is 8.76. The summed E-state index contributed by atoms with van der Waals surface area (Å²) in [5.41, 5.74) is 0.111. The molecule has 23 nitrogen and oxygen atoms in total. The maximum Gasteiger partial charge on any atom is 0.418 e. The van der Waals surface area contributed by atoms with Crippen molar-refractivity contribution in [1.82, 2.24) is 30.2 Å². The fraction of sp³-hybridized carbons (Fsp3) is 0.146. The number of para-hydroxylation sites is 1. The number of alkyl halides is 9. The van der Waals surface area contributed by atoms with Gasteiger partial charge >= 0.3 is 29.9 Å². The molecule has 7 aromatic heterocycles. The fourth-order valence-corrected chi connectivity index (χ4v) is 17.2. The van der Waals surface area contributed by atoms with Crippen molar-refractivity contribution < 1.29 is 68.4 Å². The normalized spacial score (nSPS) is 11.1. The highest BCUT2D eigenvalue weighted by Crippen LogP contribution is 2.50. The van der Waals surface area contributed by atoms with E-state index in [2.05, 4.69) is 87.5 Å². The summed E-state index contributed by atoms with van der Waals surface area (Å²) in [6, 6.07) is 60.1. The van der Waals surface area contributed by atoms with Gasteiger partial charge in [-0.1, -0.05) is 253 Å². The summed E-state index contributed by atoms with van der Waals surface area (Å²) in [6.45, 7) is 8.80. The summed E-state index contributed by atoms with van der Waals surface area (Å²) >= 11 is 56.0. The first kappa shape index (κ1) is 108. The Morgan fingerprint density at radius 1 is 0.560 bits per heavy atom. The van der Waals surface area contributed by atoms with E-state index in [1.54, 1.807) is 91.3 Å². The molecule has 0 unspecified atom stereocenters. The van der Waals surface area contributed by atoms with Gasteiger partial charge in [0.1, 0.15) is 42.8 Å². The number of rotatable bonds is 20. The molecule has 0 aliphatic heterocycles. The molecule has 0 spiro atoms. The number of carbonyl (C=O) groups excluding carboxylic acids is 2. The van der Waals surface area contributed by atoms with Gasteiger partial charge in [0.2, 0.25) is 0 Å². The number of benzene rings is 6. The molecule has 694 valence electrons. The Hall–Kier alpha value is -11.5. The number of nitrogens with zero attached hydrogens (tertiary/aromatic N) is 12. The zero-order valence-electron chi connectivity index (χ0n) is 69.2. The second kappa shape index (κ2) is 50.8. The summed E-state index contributed by atoms with van der Waals surface area (Å²) in [4.78, 5) is 67.6. The standard InChI is InChI=1S/C21H28N2S2.C18H12Cl2N2O.C14H8Cl3F3N2O.C13H4Cl2F6N4O4.C13H5Cl2N3.C10H8N2O2S2/c1-5-6-14-24-20(23-19-8-7-13-22-15-19)25-16-17-9-11-18(12-10-17)21(2,3)4;19-13-9-7-12(8-10-13)14-4-1-2-6-16(14)22-18(23)15-5-3-11-21-17(15)20;15-8-2-1-3-9(16)12(8)13(23)22-6-11-10(17)4-7(5-21-11)14(18,19)20;14-6-1-4(12(16,17)18)3-22-11(6)23-9-7(24(26)27)2-5(13(19,20)21)8(15)10(9)25(28)29;14-12-9(6-16)11(8-4-2-1-3-5-8)10(7-17)13(15)18-12;13-11-7-3-1-5-9(11)15-16-10-6-2-4-8-12(10)14/h7-13,15H,5-6,14,16H2,1-4H3;1-11H,(H,22,23);1-5H,6H2,(H,22,23);1-3H,(H,22,23);1-5H;1-8H. The van der Waals surface area contributed by atoms with Gasteiger partial charge in [0, 0.05) is 104 Å². The van der Waals surface area contributed by atoms with Crippen LogP contribution in [-0.2, 0) is 36.2 Å². The average molecular weight is 2090 g/mol. The third-order valence-corrected chi connectivity index (χ3v) is 24.9. The molecule has 0 aliphatic rings. The number of nitrogens with one attached hydrogen (secondary N) is 3. The van der Waals surface area contributed by atoms with Gasteiger partial charge in [-0.3, -0.25) is 39.8 Å². The number of aliphatic imine (C=N–C) groups is 1. The average Bonchev–Trinajstić information content (AvgIpc) is 0.762. The van der Waals surface area contributed by atoms with Gasteiger partial charge in [-0.05, 0) is 119 Å². The van der Waals surface area contributed by atoms with Crippen molar-refractivity contribution in [3.63, 3.8) is 0 Å². The van der Waals surface area contributed by atoms with Gasteiger partial charge in [0.15, 0.2) is 18.1 Å². The maximum absolute atomic E-state index is 13.0. The summed E-state index contributed by atoms with van der Waals surface area (Å²) in [5.74, 6) is 0.457. The number of nitriles is 2. The number of nitro groups is 2. The van der Waals surface area contributed by atoms with Crippen LogP contribution in [-0.4, -0.2) is 56.7 Å². The Kier molecular flexibility index (Phi) is 40.9. The second-order valence-corrected chi connectivity index (χ2v) is 35.8. The predicted molar refractivity (Wildman–Crippen MR) is 510 cm³/mol. The number of halogens is 18. The molecule has 7 heterocycles. The molecule has 13 rings (SSSR count). The fourth-order valence-electron chi connectivity index (χ4n) is 10.9. The van der Waals surface area contributed by atoms with Crippen molar-refractivity contribution in [3.8, 4) is 34.4 Å². The molecule has 0 fully saturated rings. The van der Waals surface area contributed by atoms with Crippen LogP contribution >= 0.6 is 150 Å². The van der Waals surface area contributed by atoms with E-state index >= 15 is 0 Å². The zero-order valence-corrected chi connectivity index (χ0v) is 79.3. The molecule has 0 saturated carbocycles. The molecular weight excluding hydrogens is 2030 g/mol. The van der Waals surface area contributed by atoms with Crippen LogP contribution in [0.1, 0.15) is 106 Å². The molecule has 0 bridgehead atoms. The molecule has 6 aromatic carbocycles. The third kappa shape index (κ3) is 31.9. The largest absolute Gasteiger partial charge is 0.618 e. The lowest BCUT2D eigenvalue weighted by Gasteiger charge is -2.19. The second-order valence-electron chi connectivity index (χ2n) is 27.8. The minimum absolute atomic E-state index is 0.000327. The highest BCUT2D eigenvalue weighted by atomic mass is 35.5. The number of thioether (sulfide) groups is 2. The first-order valence-electron chi connectivity index (χ1n) is 38.2. The number of carbonyl (C=O) groups is 2. The Morgan fingerprint density at radius 3 is 1.64 bits per heavy atom. The minimum Gasteiger partial charge on any atom is -0.618 e. The van der Waals surface area contributed by atoms with Crippen molar-refractivity contribution in [2.45, 2.75) is 86.8 Å². The van der Waals surface area contributed by atoms with E-state index in [1.165, 1.54) is 70.1 Å². The molecule has 0 radical (unpaired) electrons. The number of amides is 2. The van der Waals surface area contributed by atoms with Gasteiger partial charge < -0.3 is 26.4 Å². The van der Waals surface area contributed by atoms with Gasteiger partial charge in [0.25, 0.3) is 21.9 Å². The van der Waals surface area contributed by atoms with Crippen LogP contribution in [0.4, 0.5) is 73.8 Å². The maximum atomic E-state index is 13.0. The van der Waals surface area contributed by atoms with Gasteiger partial charge in [-0.2, -0.15) is 59.5 Å². The van der Waals surface area contributed by atoms with Crippen molar-refractivity contribution in [3.05, 3.63) is 376 Å². The van der Waals surface area contributed by atoms with Crippen LogP contribution in [0.15, 0.2) is 259 Å². The van der Waals surface area contributed by atoms with Crippen molar-refractivity contribution in [2.24, 2.45) is 4.99 Å². The third-order valence-electron chi connectivity index (χ3n) is 17.5. The van der Waals surface area contributed by atoms with Crippen LogP contribution in [0.2, 0.25) is 45.6 Å². The predicted octanol–water partition coefficient (Wildman–Crippen LogP) is 28.7. The number of unbranched alkanes of at least 4 members (excludes halogenated alkanes) is 1. The molecule has 2 amide bonds. The van der Waals surface area contributed by atoms with E-state index in [0.29, 0.717) is 49.7 Å². The Morgan fingerprint density at radius 2 is 1.13 bits per heavy atom. The Bertz CT molecular complexity index is 6340. The summed E-state index contributed by atoms with van der Waals surface area (Å²) in [6.07, 6.45) is -3.30. The van der Waals surface area contributed by atoms with E-state index in [0.717, 1.165) is 48.2 Å². The van der Waals surface area contributed by atoms with E-state index in [4.69, 9.17) is 120 Å². The first-order chi connectivity index (χ1) is 63.4. The number of hydrogen-bond donors (Lipinski definition) is 3. The smallest absolute Gasteiger partial charge is 0.418 e. The van der Waals surface area contributed by atoms with Gasteiger partial charge in [-0.25, -0.2) is 19.9 Å². The van der Waals surface area contributed by atoms with Gasteiger partial charge in [-0.15, -0.1) is 0 Å². The molecule has 45 heteroatoms.